The van der Waals surface area contributed by atoms with Crippen molar-refractivity contribution in [2.75, 3.05) is 13.2 Å². The Bertz CT molecular complexity index is 869. The number of hydrogen-bond donors (Lipinski definition) is 6. The van der Waals surface area contributed by atoms with Crippen LogP contribution in [-0.2, 0) is 14.3 Å². The standard InChI is InChI=1S/C35H59NO8/c1-3-5-7-9-11-12-13-14-15-16-17-18-19-21-23-25-31(39)36-28(29(38)24-22-20-10-8-6-4-2)27-43-35-34(42)33(41)32(40)30(26-37)44-35/h5,7,11-12,14-15,17-18,21,23,28-30,32-35,37-38,40-42H,3-4,6,8-10,13,16,19-20,22,24-27H2,1-2H3,(H,36,39)/b7-5-,12-11-,15-14-,18-17-,23-21-. The zero-order valence-electron chi connectivity index (χ0n) is 26.9. The number of aliphatic hydroxyl groups is 5. The van der Waals surface area contributed by atoms with Gasteiger partial charge in [0, 0.05) is 6.42 Å². The fraction of sp³-hybridized carbons (Fsp3) is 0.686. The summed E-state index contributed by atoms with van der Waals surface area (Å²) in [5.41, 5.74) is 0. The van der Waals surface area contributed by atoms with E-state index in [2.05, 4.69) is 61.7 Å². The van der Waals surface area contributed by atoms with Crippen molar-refractivity contribution in [3.63, 3.8) is 0 Å². The van der Waals surface area contributed by atoms with Crippen molar-refractivity contribution in [3.8, 4) is 0 Å². The van der Waals surface area contributed by atoms with Crippen LogP contribution < -0.4 is 5.32 Å². The minimum Gasteiger partial charge on any atom is -0.394 e. The molecule has 44 heavy (non-hydrogen) atoms. The second-order valence-corrected chi connectivity index (χ2v) is 11.2. The smallest absolute Gasteiger partial charge is 0.224 e. The van der Waals surface area contributed by atoms with Crippen LogP contribution >= 0.6 is 0 Å². The van der Waals surface area contributed by atoms with E-state index in [0.717, 1.165) is 57.8 Å². The molecule has 0 bridgehead atoms. The zero-order valence-corrected chi connectivity index (χ0v) is 26.9. The monoisotopic (exact) mass is 621 g/mol. The highest BCUT2D eigenvalue weighted by atomic mass is 16.7. The first-order valence-corrected chi connectivity index (χ1v) is 16.5. The summed E-state index contributed by atoms with van der Waals surface area (Å²) < 4.78 is 11.1. The van der Waals surface area contributed by atoms with Crippen molar-refractivity contribution >= 4 is 5.91 Å². The minimum absolute atomic E-state index is 0.133. The molecule has 0 aromatic heterocycles. The molecule has 252 valence electrons. The van der Waals surface area contributed by atoms with Crippen LogP contribution in [0, 0.1) is 0 Å². The van der Waals surface area contributed by atoms with Gasteiger partial charge in [0.25, 0.3) is 0 Å². The first kappa shape index (κ1) is 39.9. The summed E-state index contributed by atoms with van der Waals surface area (Å²) in [6.45, 7) is 3.53. The van der Waals surface area contributed by atoms with Gasteiger partial charge in [-0.1, -0.05) is 113 Å². The lowest BCUT2D eigenvalue weighted by Crippen LogP contribution is -2.60. The molecule has 1 saturated heterocycles. The number of carbonyl (C=O) groups is 1. The van der Waals surface area contributed by atoms with Gasteiger partial charge in [-0.05, 0) is 38.5 Å². The lowest BCUT2D eigenvalue weighted by Gasteiger charge is -2.40. The van der Waals surface area contributed by atoms with Gasteiger partial charge in [-0.3, -0.25) is 4.79 Å². The maximum atomic E-state index is 12.7. The van der Waals surface area contributed by atoms with Crippen molar-refractivity contribution in [2.24, 2.45) is 0 Å². The SMILES string of the molecule is CC/C=C\C/C=C\C/C=C\C/C=C\C/C=C\CC(=O)NC(COC1OC(CO)C(O)C(O)C1O)C(O)CCCCCCCC. The molecule has 1 aliphatic rings. The average molecular weight is 622 g/mol. The molecule has 0 saturated carbocycles. The van der Waals surface area contributed by atoms with E-state index < -0.39 is 49.5 Å². The molecule has 1 heterocycles. The molecule has 1 aliphatic heterocycles. The van der Waals surface area contributed by atoms with Gasteiger partial charge in [0.05, 0.1) is 25.4 Å². The fourth-order valence-electron chi connectivity index (χ4n) is 4.69. The fourth-order valence-corrected chi connectivity index (χ4v) is 4.69. The summed E-state index contributed by atoms with van der Waals surface area (Å²) in [6.07, 6.45) is 24.3. The quantitative estimate of drug-likeness (QED) is 0.0680. The molecule has 0 radical (unpaired) electrons. The normalized spacial score (nSPS) is 24.4. The van der Waals surface area contributed by atoms with Crippen molar-refractivity contribution in [2.45, 2.75) is 140 Å². The molecule has 0 aromatic carbocycles. The molecule has 1 rings (SSSR count). The second-order valence-electron chi connectivity index (χ2n) is 11.2. The topological polar surface area (TPSA) is 149 Å². The van der Waals surface area contributed by atoms with Gasteiger partial charge in [-0.25, -0.2) is 0 Å². The van der Waals surface area contributed by atoms with E-state index >= 15 is 0 Å². The van der Waals surface area contributed by atoms with Crippen molar-refractivity contribution in [1.82, 2.24) is 5.32 Å². The van der Waals surface area contributed by atoms with E-state index in [1.807, 2.05) is 12.2 Å². The molecule has 1 amide bonds. The number of rotatable bonds is 24. The highest BCUT2D eigenvalue weighted by Crippen LogP contribution is 2.22. The number of nitrogens with one attached hydrogen (secondary N) is 1. The first-order chi connectivity index (χ1) is 21.3. The van der Waals surface area contributed by atoms with Crippen molar-refractivity contribution < 1.29 is 39.8 Å². The van der Waals surface area contributed by atoms with Crippen molar-refractivity contribution in [3.05, 3.63) is 60.8 Å². The Balaban J connectivity index is 2.53. The number of unbranched alkanes of at least 4 members (excludes halogenated alkanes) is 5. The van der Waals surface area contributed by atoms with Gasteiger partial charge in [-0.2, -0.15) is 0 Å². The largest absolute Gasteiger partial charge is 0.394 e. The Morgan fingerprint density at radius 2 is 1.32 bits per heavy atom. The molecule has 7 atom stereocenters. The van der Waals surface area contributed by atoms with E-state index in [4.69, 9.17) is 9.47 Å². The minimum atomic E-state index is -1.57. The molecule has 9 nitrogen and oxygen atoms in total. The number of hydrogen-bond acceptors (Lipinski definition) is 8. The summed E-state index contributed by atoms with van der Waals surface area (Å²) in [6, 6.07) is -0.770. The number of aliphatic hydroxyl groups excluding tert-OH is 5. The zero-order chi connectivity index (χ0) is 32.4. The summed E-state index contributed by atoms with van der Waals surface area (Å²) in [4.78, 5) is 12.7. The van der Waals surface area contributed by atoms with Crippen LogP contribution in [-0.4, -0.2) is 87.5 Å². The lowest BCUT2D eigenvalue weighted by atomic mass is 9.99. The second kappa shape index (κ2) is 26.1. The summed E-state index contributed by atoms with van der Waals surface area (Å²) >= 11 is 0. The Kier molecular flexibility index (Phi) is 23.7. The Hall–Kier alpha value is -2.11. The van der Waals surface area contributed by atoms with Crippen LogP contribution in [0.2, 0.25) is 0 Å². The van der Waals surface area contributed by atoms with E-state index in [1.54, 1.807) is 6.08 Å². The Labute approximate surface area is 265 Å². The van der Waals surface area contributed by atoms with E-state index in [-0.39, 0.29) is 18.9 Å². The van der Waals surface area contributed by atoms with E-state index in [0.29, 0.717) is 12.8 Å². The molecule has 6 N–H and O–H groups in total. The molecule has 0 aliphatic carbocycles. The Morgan fingerprint density at radius 3 is 1.89 bits per heavy atom. The summed E-state index contributed by atoms with van der Waals surface area (Å²) in [5.74, 6) is -0.282. The first-order valence-electron chi connectivity index (χ1n) is 16.5. The molecular weight excluding hydrogens is 562 g/mol. The highest BCUT2D eigenvalue weighted by molar-refractivity contribution is 5.77. The average Bonchev–Trinajstić information content (AvgIpc) is 3.02. The van der Waals surface area contributed by atoms with Gasteiger partial charge in [0.2, 0.25) is 5.91 Å². The molecule has 0 aromatic rings. The van der Waals surface area contributed by atoms with Gasteiger partial charge in [0.15, 0.2) is 6.29 Å². The lowest BCUT2D eigenvalue weighted by molar-refractivity contribution is -0.302. The third kappa shape index (κ3) is 18.0. The van der Waals surface area contributed by atoms with Gasteiger partial charge >= 0.3 is 0 Å². The number of amides is 1. The molecule has 0 spiro atoms. The van der Waals surface area contributed by atoms with Crippen LogP contribution in [0.1, 0.15) is 97.3 Å². The number of allylic oxidation sites excluding steroid dienone is 9. The molecule has 1 fully saturated rings. The third-order valence-electron chi connectivity index (χ3n) is 7.41. The summed E-state index contributed by atoms with van der Waals surface area (Å²) in [5, 5.41) is 53.5. The van der Waals surface area contributed by atoms with Crippen LogP contribution in [0.3, 0.4) is 0 Å². The highest BCUT2D eigenvalue weighted by Gasteiger charge is 2.44. The molecule has 7 unspecified atom stereocenters. The van der Waals surface area contributed by atoms with Crippen LogP contribution in [0.4, 0.5) is 0 Å². The van der Waals surface area contributed by atoms with Gasteiger partial charge < -0.3 is 40.3 Å². The van der Waals surface area contributed by atoms with E-state index in [1.165, 1.54) is 6.42 Å². The maximum absolute atomic E-state index is 12.7. The van der Waals surface area contributed by atoms with Crippen molar-refractivity contribution in [1.29, 1.82) is 0 Å². The number of carbonyl (C=O) groups excluding carboxylic acids is 1. The molecular formula is C35H59NO8. The molecule has 9 heteroatoms. The van der Waals surface area contributed by atoms with Crippen LogP contribution in [0.5, 0.6) is 0 Å². The third-order valence-corrected chi connectivity index (χ3v) is 7.41. The predicted octanol–water partition coefficient (Wildman–Crippen LogP) is 4.54. The van der Waals surface area contributed by atoms with Crippen LogP contribution in [0.25, 0.3) is 0 Å². The summed E-state index contributed by atoms with van der Waals surface area (Å²) in [7, 11) is 0. The Morgan fingerprint density at radius 1 is 0.773 bits per heavy atom. The van der Waals surface area contributed by atoms with Crippen LogP contribution in [0.15, 0.2) is 60.8 Å². The number of ether oxygens (including phenoxy) is 2. The predicted molar refractivity (Wildman–Crippen MR) is 175 cm³/mol. The van der Waals surface area contributed by atoms with Gasteiger partial charge in [0.1, 0.15) is 24.4 Å². The maximum Gasteiger partial charge on any atom is 0.224 e. The van der Waals surface area contributed by atoms with Gasteiger partial charge in [-0.15, -0.1) is 0 Å². The van der Waals surface area contributed by atoms with E-state index in [9.17, 15) is 30.3 Å².